The van der Waals surface area contributed by atoms with Crippen molar-refractivity contribution in [3.63, 3.8) is 0 Å². The fourth-order valence-corrected chi connectivity index (χ4v) is 4.09. The van der Waals surface area contributed by atoms with Gasteiger partial charge >= 0.3 is 0 Å². The second-order valence-electron chi connectivity index (χ2n) is 7.30. The van der Waals surface area contributed by atoms with Gasteiger partial charge in [0.15, 0.2) is 5.60 Å². The topological polar surface area (TPSA) is 61.4 Å². The van der Waals surface area contributed by atoms with Crippen LogP contribution in [0.5, 0.6) is 0 Å². The number of rotatable bonds is 5. The lowest BCUT2D eigenvalue weighted by atomic mass is 9.85. The molecule has 1 heterocycles. The van der Waals surface area contributed by atoms with Crippen molar-refractivity contribution in [1.82, 2.24) is 10.6 Å². The Morgan fingerprint density at radius 2 is 1.68 bits per heavy atom. The maximum Gasteiger partial charge on any atom is 0.261 e. The molecule has 0 spiro atoms. The first-order valence-corrected chi connectivity index (χ1v) is 8.95. The van der Waals surface area contributed by atoms with E-state index in [4.69, 9.17) is 0 Å². The number of hydrogen-bond donors (Lipinski definition) is 3. The first-order valence-electron chi connectivity index (χ1n) is 8.95. The summed E-state index contributed by atoms with van der Waals surface area (Å²) < 4.78 is 0. The second-order valence-corrected chi connectivity index (χ2v) is 7.30. The molecule has 0 bridgehead atoms. The van der Waals surface area contributed by atoms with Crippen LogP contribution in [0.25, 0.3) is 0 Å². The van der Waals surface area contributed by atoms with Gasteiger partial charge in [-0.05, 0) is 48.9 Å². The van der Waals surface area contributed by atoms with Crippen molar-refractivity contribution in [2.45, 2.75) is 12.5 Å². The van der Waals surface area contributed by atoms with Gasteiger partial charge in [-0.15, -0.1) is 0 Å². The zero-order valence-corrected chi connectivity index (χ0v) is 14.4. The summed E-state index contributed by atoms with van der Waals surface area (Å²) in [5.41, 5.74) is 0.614. The molecule has 0 aromatic heterocycles. The highest BCUT2D eigenvalue weighted by Gasteiger charge is 2.53. The molecule has 4 nitrogen and oxygen atoms in total. The van der Waals surface area contributed by atoms with E-state index in [1.165, 1.54) is 0 Å². The molecule has 130 valence electrons. The molecule has 3 N–H and O–H groups in total. The Bertz CT molecular complexity index is 749. The fourth-order valence-electron chi connectivity index (χ4n) is 4.09. The Balaban J connectivity index is 1.58. The minimum Gasteiger partial charge on any atom is -0.372 e. The van der Waals surface area contributed by atoms with Crippen LogP contribution >= 0.6 is 0 Å². The van der Waals surface area contributed by atoms with Crippen LogP contribution in [0.4, 0.5) is 0 Å². The van der Waals surface area contributed by atoms with Crippen LogP contribution < -0.4 is 10.6 Å². The average Bonchev–Trinajstić information content (AvgIpc) is 3.07. The van der Waals surface area contributed by atoms with Gasteiger partial charge in [-0.3, -0.25) is 4.79 Å². The summed E-state index contributed by atoms with van der Waals surface area (Å²) in [5.74, 6) is 1.57. The van der Waals surface area contributed by atoms with Crippen LogP contribution in [0, 0.1) is 24.7 Å². The molecule has 1 aliphatic carbocycles. The zero-order chi connectivity index (χ0) is 17.4. The van der Waals surface area contributed by atoms with Crippen LogP contribution in [0.1, 0.15) is 16.7 Å². The van der Waals surface area contributed by atoms with Gasteiger partial charge in [-0.25, -0.2) is 0 Å². The molecular formula is C21H24N2O2. The van der Waals surface area contributed by atoms with Gasteiger partial charge in [0.05, 0.1) is 0 Å². The Morgan fingerprint density at radius 3 is 2.32 bits per heavy atom. The molecule has 25 heavy (non-hydrogen) atoms. The van der Waals surface area contributed by atoms with Crippen LogP contribution in [0.15, 0.2) is 54.6 Å². The summed E-state index contributed by atoms with van der Waals surface area (Å²) in [6.07, 6.45) is 0. The molecule has 4 atom stereocenters. The number of aliphatic hydroxyl groups is 1. The molecule has 2 aromatic rings. The Morgan fingerprint density at radius 1 is 1.08 bits per heavy atom. The van der Waals surface area contributed by atoms with E-state index >= 15 is 0 Å². The van der Waals surface area contributed by atoms with Crippen molar-refractivity contribution in [3.05, 3.63) is 71.3 Å². The number of piperidine rings is 1. The van der Waals surface area contributed by atoms with Crippen LogP contribution in [-0.2, 0) is 10.4 Å². The molecule has 1 aliphatic heterocycles. The average molecular weight is 336 g/mol. The molecule has 2 aliphatic rings. The third kappa shape index (κ3) is 2.86. The van der Waals surface area contributed by atoms with Gasteiger partial charge in [0.2, 0.25) is 0 Å². The molecule has 1 unspecified atom stereocenters. The monoisotopic (exact) mass is 336 g/mol. The standard InChI is InChI=1S/C21H24N2O2/c1-14-7-9-16(10-8-14)21(25,15-5-3-2-4-6-15)20(24)23-13-19-17-11-22-12-18(17)19/h2-10,17-19,22,25H,11-13H2,1H3,(H,23,24)/t17-,18+,19?,21-/m0/s1. The highest BCUT2D eigenvalue weighted by atomic mass is 16.3. The maximum absolute atomic E-state index is 13.0. The smallest absolute Gasteiger partial charge is 0.261 e. The number of nitrogens with one attached hydrogen (secondary N) is 2. The van der Waals surface area contributed by atoms with E-state index in [1.807, 2.05) is 49.4 Å². The number of benzene rings is 2. The van der Waals surface area contributed by atoms with Gasteiger partial charge in [-0.1, -0.05) is 60.2 Å². The first kappa shape index (κ1) is 16.3. The van der Waals surface area contributed by atoms with Crippen molar-refractivity contribution >= 4 is 5.91 Å². The van der Waals surface area contributed by atoms with Crippen LogP contribution in [-0.4, -0.2) is 30.6 Å². The van der Waals surface area contributed by atoms with Gasteiger partial charge in [0.1, 0.15) is 0 Å². The molecule has 2 aromatic carbocycles. The molecule has 0 radical (unpaired) electrons. The predicted molar refractivity (Wildman–Crippen MR) is 97.0 cm³/mol. The van der Waals surface area contributed by atoms with Crippen molar-refractivity contribution < 1.29 is 9.90 Å². The summed E-state index contributed by atoms with van der Waals surface area (Å²) in [4.78, 5) is 13.0. The highest BCUT2D eigenvalue weighted by Crippen LogP contribution is 2.48. The number of carbonyl (C=O) groups is 1. The van der Waals surface area contributed by atoms with E-state index in [0.29, 0.717) is 35.4 Å². The summed E-state index contributed by atoms with van der Waals surface area (Å²) in [6.45, 7) is 4.72. The molecular weight excluding hydrogens is 312 g/mol. The van der Waals surface area contributed by atoms with Crippen LogP contribution in [0.2, 0.25) is 0 Å². The molecule has 1 saturated heterocycles. The minimum atomic E-state index is -1.67. The molecule has 4 heteroatoms. The van der Waals surface area contributed by atoms with Crippen molar-refractivity contribution in [1.29, 1.82) is 0 Å². The minimum absolute atomic E-state index is 0.347. The van der Waals surface area contributed by atoms with Gasteiger partial charge in [-0.2, -0.15) is 0 Å². The normalized spacial score (nSPS) is 26.6. The Hall–Kier alpha value is -2.17. The van der Waals surface area contributed by atoms with Crippen LogP contribution in [0.3, 0.4) is 0 Å². The summed E-state index contributed by atoms with van der Waals surface area (Å²) in [6, 6.07) is 16.7. The summed E-state index contributed by atoms with van der Waals surface area (Å²) >= 11 is 0. The number of carbonyl (C=O) groups excluding carboxylic acids is 1. The molecule has 1 saturated carbocycles. The van der Waals surface area contributed by atoms with E-state index in [-0.39, 0.29) is 5.91 Å². The first-order chi connectivity index (χ1) is 12.1. The van der Waals surface area contributed by atoms with E-state index in [0.717, 1.165) is 18.7 Å². The third-order valence-electron chi connectivity index (χ3n) is 5.76. The molecule has 2 fully saturated rings. The van der Waals surface area contributed by atoms with Crippen molar-refractivity contribution in [3.8, 4) is 0 Å². The Labute approximate surface area is 148 Å². The van der Waals surface area contributed by atoms with E-state index < -0.39 is 5.60 Å². The van der Waals surface area contributed by atoms with Gasteiger partial charge in [0.25, 0.3) is 5.91 Å². The van der Waals surface area contributed by atoms with Crippen molar-refractivity contribution in [2.24, 2.45) is 17.8 Å². The van der Waals surface area contributed by atoms with Crippen molar-refractivity contribution in [2.75, 3.05) is 19.6 Å². The lowest BCUT2D eigenvalue weighted by Crippen LogP contribution is -2.46. The number of amides is 1. The highest BCUT2D eigenvalue weighted by molar-refractivity contribution is 5.90. The largest absolute Gasteiger partial charge is 0.372 e. The summed E-state index contributed by atoms with van der Waals surface area (Å²) in [5, 5.41) is 17.8. The van der Waals surface area contributed by atoms with E-state index in [1.54, 1.807) is 12.1 Å². The number of hydrogen-bond acceptors (Lipinski definition) is 3. The summed E-state index contributed by atoms with van der Waals surface area (Å²) in [7, 11) is 0. The lowest BCUT2D eigenvalue weighted by Gasteiger charge is -2.28. The molecule has 1 amide bonds. The quantitative estimate of drug-likeness (QED) is 0.780. The fraction of sp³-hybridized carbons (Fsp3) is 0.381. The van der Waals surface area contributed by atoms with Gasteiger partial charge < -0.3 is 15.7 Å². The maximum atomic E-state index is 13.0. The number of aryl methyl sites for hydroxylation is 1. The predicted octanol–water partition coefficient (Wildman–Crippen LogP) is 1.81. The van der Waals surface area contributed by atoms with E-state index in [2.05, 4.69) is 10.6 Å². The van der Waals surface area contributed by atoms with E-state index in [9.17, 15) is 9.90 Å². The second kappa shape index (κ2) is 6.28. The van der Waals surface area contributed by atoms with Gasteiger partial charge in [0, 0.05) is 6.54 Å². The Kier molecular flexibility index (Phi) is 4.10. The number of fused-ring (bicyclic) bond motifs is 1. The zero-order valence-electron chi connectivity index (χ0n) is 14.4. The lowest BCUT2D eigenvalue weighted by molar-refractivity contribution is -0.136. The SMILES string of the molecule is Cc1ccc([C@](O)(C(=O)NCC2[C@H]3CNC[C@@H]23)c2ccccc2)cc1. The molecule has 4 rings (SSSR count). The third-order valence-corrected chi connectivity index (χ3v) is 5.76.